The number of nitrogens with zero attached hydrogens (tertiary/aromatic N) is 2. The van der Waals surface area contributed by atoms with E-state index in [2.05, 4.69) is 11.2 Å². The van der Waals surface area contributed by atoms with Crippen molar-refractivity contribution in [2.75, 3.05) is 7.11 Å². The number of ether oxygens (including phenoxy) is 1. The molecule has 3 aromatic rings. The van der Waals surface area contributed by atoms with Crippen molar-refractivity contribution in [1.82, 2.24) is 9.78 Å². The van der Waals surface area contributed by atoms with Gasteiger partial charge in [-0.1, -0.05) is 30.3 Å². The molecule has 0 saturated heterocycles. The van der Waals surface area contributed by atoms with Crippen molar-refractivity contribution in [1.29, 1.82) is 0 Å². The average Bonchev–Trinajstić information content (AvgIpc) is 3.01. The molecule has 3 rings (SSSR count). The number of hydrogen-bond donors (Lipinski definition) is 0. The van der Waals surface area contributed by atoms with Crippen LogP contribution in [-0.2, 0) is 27.2 Å². The van der Waals surface area contributed by atoms with Gasteiger partial charge in [-0.05, 0) is 11.3 Å². The van der Waals surface area contributed by atoms with Crippen molar-refractivity contribution >= 4 is 0 Å². The zero-order valence-corrected chi connectivity index (χ0v) is 14.7. The van der Waals surface area contributed by atoms with Crippen molar-refractivity contribution in [3.05, 3.63) is 66.4 Å². The van der Waals surface area contributed by atoms with Crippen molar-refractivity contribution in [3.8, 4) is 22.7 Å². The molecule has 0 atom stereocenters. The number of hydrogen-bond acceptors (Lipinski definition) is 2. The minimum Gasteiger partial charge on any atom is -0.479 e. The zero-order chi connectivity index (χ0) is 16.4. The van der Waals surface area contributed by atoms with E-state index in [-0.39, 0.29) is 21.1 Å². The van der Waals surface area contributed by atoms with E-state index in [9.17, 15) is 13.2 Å². The molecule has 0 aliphatic rings. The Balaban J connectivity index is 0.00000208. The molecular formula is C17H12F3N2OPt-. The maximum atomic E-state index is 13.0. The Hall–Kier alpha value is -2.07. The standard InChI is InChI=1S/C17H12F3N2O.Pt/c1-23-16-15(17(18,19)20)11-22(21-16)14-9-5-8-13(10-14)12-6-3-2-4-7-12;/h2-8,10-11H,1H3;/q-1;. The predicted octanol–water partition coefficient (Wildman–Crippen LogP) is 4.36. The molecule has 0 bridgehead atoms. The third kappa shape index (κ3) is 3.70. The van der Waals surface area contributed by atoms with Gasteiger partial charge in [-0.15, -0.1) is 16.7 Å². The Morgan fingerprint density at radius 2 is 1.79 bits per heavy atom. The quantitative estimate of drug-likeness (QED) is 0.488. The van der Waals surface area contributed by atoms with Gasteiger partial charge in [0.05, 0.1) is 7.11 Å². The molecule has 1 aromatic heterocycles. The van der Waals surface area contributed by atoms with E-state index in [1.165, 1.54) is 0 Å². The SMILES string of the molecule is COc1nn(-c2[c-]ccc(-c3ccccc3)c2)cc1C(F)(F)F.[Pt]. The van der Waals surface area contributed by atoms with Gasteiger partial charge < -0.3 is 4.74 Å². The molecule has 0 aliphatic heterocycles. The van der Waals surface area contributed by atoms with Crippen molar-refractivity contribution in [2.45, 2.75) is 6.18 Å². The summed E-state index contributed by atoms with van der Waals surface area (Å²) in [4.78, 5) is 0. The van der Waals surface area contributed by atoms with Crippen molar-refractivity contribution in [2.24, 2.45) is 0 Å². The van der Waals surface area contributed by atoms with Crippen LogP contribution in [0.4, 0.5) is 13.2 Å². The van der Waals surface area contributed by atoms with Gasteiger partial charge >= 0.3 is 6.18 Å². The normalized spacial score (nSPS) is 11.0. The van der Waals surface area contributed by atoms with Gasteiger partial charge in [0.1, 0.15) is 5.56 Å². The van der Waals surface area contributed by atoms with E-state index in [0.717, 1.165) is 29.1 Å². The minimum absolute atomic E-state index is 0. The molecule has 0 N–H and O–H groups in total. The summed E-state index contributed by atoms with van der Waals surface area (Å²) in [6.45, 7) is 0. The van der Waals surface area contributed by atoms with Crippen LogP contribution < -0.4 is 4.74 Å². The Bertz CT molecular complexity index is 816. The van der Waals surface area contributed by atoms with Crippen LogP contribution in [0.2, 0.25) is 0 Å². The van der Waals surface area contributed by atoms with Crippen molar-refractivity contribution < 1.29 is 39.0 Å². The fourth-order valence-corrected chi connectivity index (χ4v) is 2.22. The summed E-state index contributed by atoms with van der Waals surface area (Å²) in [6.07, 6.45) is -3.62. The van der Waals surface area contributed by atoms with Gasteiger partial charge in [0, 0.05) is 27.3 Å². The molecule has 0 radical (unpaired) electrons. The van der Waals surface area contributed by atoms with Crippen LogP contribution in [0.5, 0.6) is 5.88 Å². The van der Waals surface area contributed by atoms with Crippen LogP contribution in [0.3, 0.4) is 0 Å². The molecular weight excluding hydrogens is 500 g/mol. The molecule has 0 saturated carbocycles. The van der Waals surface area contributed by atoms with Crippen LogP contribution in [0.1, 0.15) is 5.56 Å². The molecule has 0 aliphatic carbocycles. The van der Waals surface area contributed by atoms with E-state index in [1.807, 2.05) is 36.4 Å². The van der Waals surface area contributed by atoms with Crippen molar-refractivity contribution in [3.63, 3.8) is 0 Å². The fourth-order valence-electron chi connectivity index (χ4n) is 2.22. The van der Waals surface area contributed by atoms with E-state index >= 15 is 0 Å². The number of halogens is 3. The minimum atomic E-state index is -4.53. The van der Waals surface area contributed by atoms with E-state index in [0.29, 0.717) is 5.69 Å². The van der Waals surface area contributed by atoms with E-state index in [4.69, 9.17) is 4.74 Å². The Labute approximate surface area is 151 Å². The molecule has 0 unspecified atom stereocenters. The third-order valence-corrected chi connectivity index (χ3v) is 3.32. The van der Waals surface area contributed by atoms with Gasteiger partial charge in [0.25, 0.3) is 0 Å². The summed E-state index contributed by atoms with van der Waals surface area (Å²) < 4.78 is 44.7. The molecule has 7 heteroatoms. The van der Waals surface area contributed by atoms with Gasteiger partial charge in [-0.2, -0.15) is 31.4 Å². The number of methoxy groups -OCH3 is 1. The van der Waals surface area contributed by atoms with Crippen LogP contribution in [0.15, 0.2) is 54.7 Å². The first kappa shape index (κ1) is 18.3. The first-order valence-corrected chi connectivity index (χ1v) is 6.77. The summed E-state index contributed by atoms with van der Waals surface area (Å²) >= 11 is 0. The first-order valence-electron chi connectivity index (χ1n) is 6.77. The van der Waals surface area contributed by atoms with Gasteiger partial charge in [-0.3, -0.25) is 4.68 Å². The van der Waals surface area contributed by atoms with Gasteiger partial charge in [0.2, 0.25) is 5.88 Å². The smallest absolute Gasteiger partial charge is 0.423 e. The van der Waals surface area contributed by atoms with Crippen LogP contribution in [0, 0.1) is 6.07 Å². The summed E-state index contributed by atoms with van der Waals surface area (Å²) in [5.74, 6) is -0.462. The second-order valence-corrected chi connectivity index (χ2v) is 4.82. The molecule has 1 heterocycles. The van der Waals surface area contributed by atoms with Crippen LogP contribution in [-0.4, -0.2) is 16.9 Å². The second kappa shape index (κ2) is 7.22. The second-order valence-electron chi connectivity index (χ2n) is 4.82. The number of alkyl halides is 3. The maximum Gasteiger partial charge on any atom is 0.423 e. The third-order valence-electron chi connectivity index (χ3n) is 3.32. The monoisotopic (exact) mass is 512 g/mol. The maximum absolute atomic E-state index is 13.0. The van der Waals surface area contributed by atoms with Crippen LogP contribution in [0.25, 0.3) is 16.8 Å². The molecule has 24 heavy (non-hydrogen) atoms. The van der Waals surface area contributed by atoms with Gasteiger partial charge in [-0.25, -0.2) is 0 Å². The van der Waals surface area contributed by atoms with E-state index < -0.39 is 17.6 Å². The summed E-state index contributed by atoms with van der Waals surface area (Å²) in [6, 6.07) is 17.6. The van der Waals surface area contributed by atoms with Gasteiger partial charge in [0.15, 0.2) is 0 Å². The Kier molecular flexibility index (Phi) is 5.50. The predicted molar refractivity (Wildman–Crippen MR) is 79.4 cm³/mol. The number of rotatable bonds is 3. The van der Waals surface area contributed by atoms with Crippen LogP contribution >= 0.6 is 0 Å². The largest absolute Gasteiger partial charge is 0.479 e. The molecule has 0 amide bonds. The summed E-state index contributed by atoms with van der Waals surface area (Å²) in [5, 5.41) is 3.84. The molecule has 3 nitrogen and oxygen atoms in total. The molecule has 0 fully saturated rings. The summed E-state index contributed by atoms with van der Waals surface area (Å²) in [7, 11) is 1.16. The summed E-state index contributed by atoms with van der Waals surface area (Å²) in [5.41, 5.74) is 1.30. The Morgan fingerprint density at radius 3 is 2.38 bits per heavy atom. The topological polar surface area (TPSA) is 27.1 Å². The molecule has 128 valence electrons. The number of benzene rings is 2. The average molecular weight is 512 g/mol. The Morgan fingerprint density at radius 1 is 1.08 bits per heavy atom. The fraction of sp³-hybridized carbons (Fsp3) is 0.118. The van der Waals surface area contributed by atoms with E-state index in [1.54, 1.807) is 12.1 Å². The molecule has 0 spiro atoms. The first-order chi connectivity index (χ1) is 11.0. The zero-order valence-electron chi connectivity index (χ0n) is 12.4. The molecule has 2 aromatic carbocycles. The number of aromatic nitrogens is 2.